The molecule has 1 aliphatic carbocycles. The van der Waals surface area contributed by atoms with Crippen LogP contribution in [0.25, 0.3) is 0 Å². The Labute approximate surface area is 161 Å². The number of primary amides is 1. The van der Waals surface area contributed by atoms with E-state index < -0.39 is 24.4 Å². The van der Waals surface area contributed by atoms with Crippen molar-refractivity contribution in [3.05, 3.63) is 16.0 Å². The molecule has 1 aromatic rings. The monoisotopic (exact) mass is 393 g/mol. The fourth-order valence-corrected chi connectivity index (χ4v) is 4.78. The molecule has 27 heavy (non-hydrogen) atoms. The highest BCUT2D eigenvalue weighted by Gasteiger charge is 2.26. The predicted octanol–water partition coefficient (Wildman–Crippen LogP) is 1.22. The van der Waals surface area contributed by atoms with Gasteiger partial charge in [-0.25, -0.2) is 0 Å². The number of fused-ring (bicyclic) bond motifs is 1. The summed E-state index contributed by atoms with van der Waals surface area (Å²) in [5.74, 6) is -1.79. The van der Waals surface area contributed by atoms with E-state index in [0.717, 1.165) is 49.0 Å². The summed E-state index contributed by atoms with van der Waals surface area (Å²) in [6.45, 7) is -0.0869. The van der Waals surface area contributed by atoms with Gasteiger partial charge in [-0.1, -0.05) is 6.42 Å². The molecule has 3 amide bonds. The van der Waals surface area contributed by atoms with Crippen molar-refractivity contribution in [2.75, 3.05) is 25.0 Å². The SMILES string of the molecule is NC(=O)c1c(NC(=O)COC(=O)CN2CCCCCC2=O)sc2c1CCC2. The number of carbonyl (C=O) groups excluding carboxylic acids is 4. The average molecular weight is 393 g/mol. The molecular weight excluding hydrogens is 370 g/mol. The number of nitrogens with two attached hydrogens (primary N) is 1. The molecule has 0 unspecified atom stereocenters. The summed E-state index contributed by atoms with van der Waals surface area (Å²) in [5, 5.41) is 3.03. The lowest BCUT2D eigenvalue weighted by atomic mass is 10.1. The van der Waals surface area contributed by atoms with Crippen molar-refractivity contribution in [2.45, 2.75) is 44.9 Å². The normalized spacial score (nSPS) is 16.6. The van der Waals surface area contributed by atoms with E-state index in [2.05, 4.69) is 5.32 Å². The number of esters is 1. The number of hydrogen-bond donors (Lipinski definition) is 2. The van der Waals surface area contributed by atoms with E-state index in [1.165, 1.54) is 16.2 Å². The zero-order valence-electron chi connectivity index (χ0n) is 15.0. The minimum absolute atomic E-state index is 0.0619. The minimum atomic E-state index is -0.621. The van der Waals surface area contributed by atoms with Gasteiger partial charge in [0.1, 0.15) is 11.5 Å². The maximum absolute atomic E-state index is 12.1. The molecule has 1 fully saturated rings. The zero-order valence-corrected chi connectivity index (χ0v) is 15.9. The highest BCUT2D eigenvalue weighted by atomic mass is 32.1. The van der Waals surface area contributed by atoms with E-state index >= 15 is 0 Å². The summed E-state index contributed by atoms with van der Waals surface area (Å²) in [7, 11) is 0. The molecular formula is C18H23N3O5S. The molecule has 3 rings (SSSR count). The summed E-state index contributed by atoms with van der Waals surface area (Å²) in [5.41, 5.74) is 6.73. The molecule has 9 heteroatoms. The number of thiophene rings is 1. The van der Waals surface area contributed by atoms with Crippen LogP contribution in [0, 0.1) is 0 Å². The van der Waals surface area contributed by atoms with Gasteiger partial charge in [-0.3, -0.25) is 19.2 Å². The number of likely N-dealkylation sites (tertiary alicyclic amines) is 1. The first-order chi connectivity index (χ1) is 13.0. The van der Waals surface area contributed by atoms with Crippen molar-refractivity contribution in [3.8, 4) is 0 Å². The van der Waals surface area contributed by atoms with Crippen LogP contribution in [0.15, 0.2) is 0 Å². The Morgan fingerprint density at radius 2 is 1.93 bits per heavy atom. The number of aryl methyl sites for hydroxylation is 1. The highest BCUT2D eigenvalue weighted by molar-refractivity contribution is 7.17. The van der Waals surface area contributed by atoms with Crippen LogP contribution in [0.1, 0.15) is 52.9 Å². The number of nitrogens with zero attached hydrogens (tertiary/aromatic N) is 1. The van der Waals surface area contributed by atoms with Gasteiger partial charge in [-0.2, -0.15) is 0 Å². The van der Waals surface area contributed by atoms with E-state index in [-0.39, 0.29) is 12.5 Å². The molecule has 2 aliphatic rings. The molecule has 3 N–H and O–H groups in total. The first kappa shape index (κ1) is 19.3. The number of anilines is 1. The summed E-state index contributed by atoms with van der Waals surface area (Å²) < 4.78 is 4.99. The molecule has 1 aliphatic heterocycles. The summed E-state index contributed by atoms with van der Waals surface area (Å²) in [4.78, 5) is 50.2. The molecule has 0 spiro atoms. The van der Waals surface area contributed by atoms with E-state index in [9.17, 15) is 19.2 Å². The molecule has 0 saturated carbocycles. The molecule has 0 radical (unpaired) electrons. The number of rotatable bonds is 6. The lowest BCUT2D eigenvalue weighted by Gasteiger charge is -2.19. The quantitative estimate of drug-likeness (QED) is 0.705. The summed E-state index contributed by atoms with van der Waals surface area (Å²) in [6.07, 6.45) is 5.72. The molecule has 0 bridgehead atoms. The smallest absolute Gasteiger partial charge is 0.326 e. The van der Waals surface area contributed by atoms with Gasteiger partial charge in [0, 0.05) is 17.8 Å². The molecule has 146 valence electrons. The molecule has 0 atom stereocenters. The van der Waals surface area contributed by atoms with E-state index in [4.69, 9.17) is 10.5 Å². The third-order valence-corrected chi connectivity index (χ3v) is 5.98. The van der Waals surface area contributed by atoms with Crippen LogP contribution in [0.3, 0.4) is 0 Å². The van der Waals surface area contributed by atoms with Crippen molar-refractivity contribution in [2.24, 2.45) is 5.73 Å². The van der Waals surface area contributed by atoms with Crippen molar-refractivity contribution in [1.82, 2.24) is 4.90 Å². The molecule has 8 nitrogen and oxygen atoms in total. The van der Waals surface area contributed by atoms with Crippen LogP contribution in [0.5, 0.6) is 0 Å². The predicted molar refractivity (Wildman–Crippen MR) is 99.5 cm³/mol. The number of amides is 3. The zero-order chi connectivity index (χ0) is 19.4. The first-order valence-corrected chi connectivity index (χ1v) is 9.95. The fraction of sp³-hybridized carbons (Fsp3) is 0.556. The Bertz CT molecular complexity index is 773. The second-order valence-electron chi connectivity index (χ2n) is 6.76. The van der Waals surface area contributed by atoms with Gasteiger partial charge in [0.25, 0.3) is 11.8 Å². The molecule has 2 heterocycles. The Morgan fingerprint density at radius 1 is 1.11 bits per heavy atom. The number of carbonyl (C=O) groups is 4. The van der Waals surface area contributed by atoms with Crippen molar-refractivity contribution in [1.29, 1.82) is 0 Å². The van der Waals surface area contributed by atoms with Crippen molar-refractivity contribution < 1.29 is 23.9 Å². The van der Waals surface area contributed by atoms with Crippen LogP contribution >= 0.6 is 11.3 Å². The Hall–Kier alpha value is -2.42. The first-order valence-electron chi connectivity index (χ1n) is 9.13. The third-order valence-electron chi connectivity index (χ3n) is 4.78. The Balaban J connectivity index is 1.52. The van der Waals surface area contributed by atoms with Crippen LogP contribution in [-0.2, 0) is 32.0 Å². The molecule has 1 aromatic heterocycles. The number of ether oxygens (including phenoxy) is 1. The van der Waals surface area contributed by atoms with E-state index in [0.29, 0.717) is 23.5 Å². The summed E-state index contributed by atoms with van der Waals surface area (Å²) >= 11 is 1.34. The number of hydrogen-bond acceptors (Lipinski definition) is 6. The third kappa shape index (κ3) is 4.65. The lowest BCUT2D eigenvalue weighted by Crippen LogP contribution is -2.36. The van der Waals surface area contributed by atoms with Crippen LogP contribution in [0.4, 0.5) is 5.00 Å². The summed E-state index contributed by atoms with van der Waals surface area (Å²) in [6, 6.07) is 0. The maximum atomic E-state index is 12.1. The Kier molecular flexibility index (Phi) is 6.10. The van der Waals surface area contributed by atoms with Crippen LogP contribution in [-0.4, -0.2) is 48.3 Å². The average Bonchev–Trinajstić information content (AvgIpc) is 3.12. The van der Waals surface area contributed by atoms with Crippen molar-refractivity contribution >= 4 is 40.0 Å². The standard InChI is InChI=1S/C18H23N3O5S/c19-17(25)16-11-5-4-6-12(11)27-18(16)20-13(22)10-26-15(24)9-21-8-3-1-2-7-14(21)23/h1-10H2,(H2,19,25)(H,20,22). The van der Waals surface area contributed by atoms with Gasteiger partial charge in [0.05, 0.1) is 5.56 Å². The van der Waals surface area contributed by atoms with E-state index in [1.807, 2.05) is 0 Å². The molecule has 1 saturated heterocycles. The highest BCUT2D eigenvalue weighted by Crippen LogP contribution is 2.38. The Morgan fingerprint density at radius 3 is 2.70 bits per heavy atom. The van der Waals surface area contributed by atoms with Gasteiger partial charge < -0.3 is 20.7 Å². The van der Waals surface area contributed by atoms with Gasteiger partial charge in [-0.05, 0) is 37.7 Å². The fourth-order valence-electron chi connectivity index (χ4n) is 3.47. The number of nitrogens with one attached hydrogen (secondary N) is 1. The van der Waals surface area contributed by atoms with Gasteiger partial charge in [0.2, 0.25) is 5.91 Å². The molecule has 0 aromatic carbocycles. The van der Waals surface area contributed by atoms with E-state index in [1.54, 1.807) is 0 Å². The van der Waals surface area contributed by atoms with Crippen LogP contribution in [0.2, 0.25) is 0 Å². The topological polar surface area (TPSA) is 119 Å². The minimum Gasteiger partial charge on any atom is -0.454 e. The van der Waals surface area contributed by atoms with Gasteiger partial charge >= 0.3 is 5.97 Å². The lowest BCUT2D eigenvalue weighted by molar-refractivity contribution is -0.151. The second kappa shape index (κ2) is 8.51. The van der Waals surface area contributed by atoms with Crippen molar-refractivity contribution in [3.63, 3.8) is 0 Å². The van der Waals surface area contributed by atoms with Gasteiger partial charge in [-0.15, -0.1) is 11.3 Å². The second-order valence-corrected chi connectivity index (χ2v) is 7.87. The largest absolute Gasteiger partial charge is 0.454 e. The van der Waals surface area contributed by atoms with Crippen LogP contribution < -0.4 is 11.1 Å². The van der Waals surface area contributed by atoms with Gasteiger partial charge in [0.15, 0.2) is 6.61 Å². The maximum Gasteiger partial charge on any atom is 0.326 e.